The minimum Gasteiger partial charge on any atom is -0.411 e. The van der Waals surface area contributed by atoms with Crippen molar-refractivity contribution in [2.75, 3.05) is 0 Å². The summed E-state index contributed by atoms with van der Waals surface area (Å²) in [4.78, 5) is 0. The van der Waals surface area contributed by atoms with Gasteiger partial charge in [0.15, 0.2) is 0 Å². The lowest BCUT2D eigenvalue weighted by Gasteiger charge is -2.56. The Labute approximate surface area is 138 Å². The van der Waals surface area contributed by atoms with Gasteiger partial charge in [-0.15, -0.1) is 0 Å². The predicted octanol–water partition coefficient (Wildman–Crippen LogP) is 3.11. The van der Waals surface area contributed by atoms with Gasteiger partial charge in [-0.25, -0.2) is 0 Å². The van der Waals surface area contributed by atoms with E-state index in [0.717, 1.165) is 44.9 Å². The number of allylic oxidation sites excluding steroid dienone is 1. The van der Waals surface area contributed by atoms with Crippen molar-refractivity contribution in [1.29, 1.82) is 0 Å². The summed E-state index contributed by atoms with van der Waals surface area (Å²) in [6.45, 7) is 4.59. The average molecular weight is 319 g/mol. The molecule has 4 nitrogen and oxygen atoms in total. The van der Waals surface area contributed by atoms with Crippen molar-refractivity contribution in [1.82, 2.24) is 0 Å². The molecule has 0 spiro atoms. The zero-order valence-corrected chi connectivity index (χ0v) is 14.2. The summed E-state index contributed by atoms with van der Waals surface area (Å²) >= 11 is 0. The Balaban J connectivity index is 1.70. The largest absolute Gasteiger partial charge is 0.411 e. The normalized spacial score (nSPS) is 54.2. The molecule has 0 unspecified atom stereocenters. The van der Waals surface area contributed by atoms with E-state index in [1.54, 1.807) is 0 Å². The minimum absolute atomic E-state index is 0.148. The molecule has 128 valence electrons. The third-order valence-electron chi connectivity index (χ3n) is 7.95. The molecule has 0 amide bonds. The monoisotopic (exact) mass is 319 g/mol. The van der Waals surface area contributed by atoms with Crippen LogP contribution < -0.4 is 0 Å². The molecule has 4 aliphatic carbocycles. The van der Waals surface area contributed by atoms with E-state index in [1.165, 1.54) is 5.57 Å². The minimum atomic E-state index is -0.583. The van der Waals surface area contributed by atoms with Crippen LogP contribution in [0.1, 0.15) is 58.8 Å². The number of rotatable bonds is 0. The molecule has 4 aliphatic rings. The zero-order valence-electron chi connectivity index (χ0n) is 14.2. The van der Waals surface area contributed by atoms with Gasteiger partial charge in [-0.3, -0.25) is 0 Å². The molecule has 3 fully saturated rings. The highest BCUT2D eigenvalue weighted by Crippen LogP contribution is 2.64. The van der Waals surface area contributed by atoms with Gasteiger partial charge in [-0.2, -0.15) is 0 Å². The molecule has 23 heavy (non-hydrogen) atoms. The van der Waals surface area contributed by atoms with E-state index in [0.29, 0.717) is 23.5 Å². The van der Waals surface area contributed by atoms with Gasteiger partial charge >= 0.3 is 0 Å². The third kappa shape index (κ3) is 2.00. The Morgan fingerprint density at radius 3 is 2.57 bits per heavy atom. The Hall–Kier alpha value is -0.870. The Kier molecular flexibility index (Phi) is 3.44. The second kappa shape index (κ2) is 5.06. The van der Waals surface area contributed by atoms with Crippen LogP contribution in [0.15, 0.2) is 16.8 Å². The van der Waals surface area contributed by atoms with Crippen LogP contribution in [-0.2, 0) is 0 Å². The second-order valence-corrected chi connectivity index (χ2v) is 8.85. The van der Waals surface area contributed by atoms with Crippen LogP contribution in [0, 0.1) is 28.6 Å². The van der Waals surface area contributed by atoms with Crippen molar-refractivity contribution < 1.29 is 15.4 Å². The van der Waals surface area contributed by atoms with Crippen LogP contribution in [0.4, 0.5) is 0 Å². The highest BCUT2D eigenvalue weighted by molar-refractivity contribution is 5.95. The zero-order chi connectivity index (χ0) is 16.4. The highest BCUT2D eigenvalue weighted by atomic mass is 16.4. The Bertz CT molecular complexity index is 571. The summed E-state index contributed by atoms with van der Waals surface area (Å²) in [7, 11) is 0. The summed E-state index contributed by atoms with van der Waals surface area (Å²) in [5, 5.41) is 33.3. The van der Waals surface area contributed by atoms with E-state index in [2.05, 4.69) is 25.1 Å². The van der Waals surface area contributed by atoms with Crippen LogP contribution in [0.25, 0.3) is 0 Å². The van der Waals surface area contributed by atoms with Gasteiger partial charge in [-0.05, 0) is 68.1 Å². The van der Waals surface area contributed by atoms with Crippen molar-refractivity contribution in [3.8, 4) is 0 Å². The fourth-order valence-corrected chi connectivity index (χ4v) is 6.63. The standard InChI is InChI=1S/C19H29NO3/c1-18-7-5-12(21)9-11(18)3-4-13-14(18)6-8-19(2)15(13)10-16(22)17(19)20-23/h3,12-16,21-23H,4-10H2,1-2H3/t12-,13-,14+,15+,16-,18+,19+/m1/s1. The fourth-order valence-electron chi connectivity index (χ4n) is 6.63. The quantitative estimate of drug-likeness (QED) is 0.365. The van der Waals surface area contributed by atoms with Crippen molar-refractivity contribution in [2.24, 2.45) is 33.7 Å². The molecule has 0 aromatic rings. The SMILES string of the molecule is C[C@]12CC[C@@H](O)CC1=CC[C@@H]1[C@@H]2CC[C@]2(C)C(=NO)[C@H](O)C[C@@H]12. The van der Waals surface area contributed by atoms with Crippen molar-refractivity contribution in [2.45, 2.75) is 71.0 Å². The number of oxime groups is 1. The Morgan fingerprint density at radius 2 is 1.83 bits per heavy atom. The van der Waals surface area contributed by atoms with Gasteiger partial charge in [0.05, 0.1) is 17.9 Å². The number of hydrogen-bond acceptors (Lipinski definition) is 4. The van der Waals surface area contributed by atoms with Crippen LogP contribution in [0.5, 0.6) is 0 Å². The number of nitrogens with zero attached hydrogens (tertiary/aromatic N) is 1. The molecule has 0 bridgehead atoms. The second-order valence-electron chi connectivity index (χ2n) is 8.85. The molecule has 4 heteroatoms. The maximum Gasteiger partial charge on any atom is 0.0963 e. The number of hydrogen-bond donors (Lipinski definition) is 3. The molecule has 3 saturated carbocycles. The van der Waals surface area contributed by atoms with Crippen molar-refractivity contribution in [3.63, 3.8) is 0 Å². The van der Waals surface area contributed by atoms with E-state index in [4.69, 9.17) is 0 Å². The third-order valence-corrected chi connectivity index (χ3v) is 7.95. The smallest absolute Gasteiger partial charge is 0.0963 e. The van der Waals surface area contributed by atoms with E-state index >= 15 is 0 Å². The fraction of sp³-hybridized carbons (Fsp3) is 0.842. The van der Waals surface area contributed by atoms with Crippen LogP contribution >= 0.6 is 0 Å². The van der Waals surface area contributed by atoms with Gasteiger partial charge in [0.1, 0.15) is 0 Å². The Morgan fingerprint density at radius 1 is 1.09 bits per heavy atom. The van der Waals surface area contributed by atoms with Crippen LogP contribution in [0.2, 0.25) is 0 Å². The summed E-state index contributed by atoms with van der Waals surface area (Å²) in [6, 6.07) is 0. The molecule has 4 rings (SSSR count). The maximum absolute atomic E-state index is 10.4. The molecule has 0 radical (unpaired) electrons. The molecule has 3 N–H and O–H groups in total. The highest BCUT2D eigenvalue weighted by Gasteiger charge is 2.60. The van der Waals surface area contributed by atoms with E-state index in [-0.39, 0.29) is 16.9 Å². The first-order valence-electron chi connectivity index (χ1n) is 9.18. The van der Waals surface area contributed by atoms with Crippen LogP contribution in [0.3, 0.4) is 0 Å². The number of fused-ring (bicyclic) bond motifs is 5. The molecule has 0 aromatic heterocycles. The lowest BCUT2D eigenvalue weighted by molar-refractivity contribution is -0.0236. The van der Waals surface area contributed by atoms with E-state index in [9.17, 15) is 15.4 Å². The summed E-state index contributed by atoms with van der Waals surface area (Å²) < 4.78 is 0. The molecular formula is C19H29NO3. The molecule has 0 saturated heterocycles. The van der Waals surface area contributed by atoms with Gasteiger partial charge in [0.2, 0.25) is 0 Å². The topological polar surface area (TPSA) is 73.1 Å². The predicted molar refractivity (Wildman–Crippen MR) is 88.3 cm³/mol. The van der Waals surface area contributed by atoms with Gasteiger partial charge < -0.3 is 15.4 Å². The van der Waals surface area contributed by atoms with E-state index < -0.39 is 6.10 Å². The van der Waals surface area contributed by atoms with E-state index in [1.807, 2.05) is 0 Å². The number of aliphatic hydroxyl groups excluding tert-OH is 2. The molecule has 0 aliphatic heterocycles. The van der Waals surface area contributed by atoms with Gasteiger partial charge in [-0.1, -0.05) is 30.7 Å². The summed E-state index contributed by atoms with van der Waals surface area (Å²) in [6.07, 6.45) is 8.38. The first-order valence-corrected chi connectivity index (χ1v) is 9.18. The summed E-state index contributed by atoms with van der Waals surface area (Å²) in [5.41, 5.74) is 2.15. The average Bonchev–Trinajstić information content (AvgIpc) is 2.77. The van der Waals surface area contributed by atoms with Crippen LogP contribution in [-0.4, -0.2) is 33.3 Å². The van der Waals surface area contributed by atoms with Crippen molar-refractivity contribution >= 4 is 5.71 Å². The van der Waals surface area contributed by atoms with Gasteiger partial charge in [0, 0.05) is 5.41 Å². The molecule has 0 aromatic carbocycles. The molecule has 0 heterocycles. The van der Waals surface area contributed by atoms with Crippen molar-refractivity contribution in [3.05, 3.63) is 11.6 Å². The first kappa shape index (κ1) is 15.6. The lowest BCUT2D eigenvalue weighted by atomic mass is 9.48. The summed E-state index contributed by atoms with van der Waals surface area (Å²) in [5.74, 6) is 1.61. The van der Waals surface area contributed by atoms with Gasteiger partial charge in [0.25, 0.3) is 0 Å². The lowest BCUT2D eigenvalue weighted by Crippen LogP contribution is -2.50. The maximum atomic E-state index is 10.4. The molecule has 7 atom stereocenters. The number of aliphatic hydroxyl groups is 2. The molecular weight excluding hydrogens is 290 g/mol. The first-order chi connectivity index (χ1) is 10.9.